The highest BCUT2D eigenvalue weighted by molar-refractivity contribution is 14.0. The fourth-order valence-electron chi connectivity index (χ4n) is 2.28. The van der Waals surface area contributed by atoms with Crippen molar-refractivity contribution in [2.24, 2.45) is 10.4 Å². The SMILES string of the molecule is CCNC(=NCc1ccc(OC)c(O)c1)NCC(OC)C(C)(C)C.I. The zero-order valence-corrected chi connectivity index (χ0v) is 18.4. The van der Waals surface area contributed by atoms with Crippen LogP contribution < -0.4 is 15.4 Å². The predicted octanol–water partition coefficient (Wildman–Crippen LogP) is 3.14. The van der Waals surface area contributed by atoms with E-state index < -0.39 is 0 Å². The number of rotatable bonds is 7. The van der Waals surface area contributed by atoms with Gasteiger partial charge in [0.2, 0.25) is 0 Å². The van der Waals surface area contributed by atoms with Gasteiger partial charge in [-0.3, -0.25) is 0 Å². The second-order valence-electron chi connectivity index (χ2n) is 6.67. The number of benzene rings is 1. The van der Waals surface area contributed by atoms with Crippen molar-refractivity contribution in [3.63, 3.8) is 0 Å². The molecule has 3 N–H and O–H groups in total. The summed E-state index contributed by atoms with van der Waals surface area (Å²) in [6.07, 6.45) is 0.0754. The van der Waals surface area contributed by atoms with Crippen LogP contribution in [-0.4, -0.2) is 44.5 Å². The standard InChI is InChI=1S/C18H31N3O3.HI/c1-7-19-17(21-12-16(24-6)18(2,3)4)20-11-13-8-9-15(23-5)14(22)10-13;/h8-10,16,22H,7,11-12H2,1-6H3,(H2,19,20,21);1H. The Morgan fingerprint density at radius 2 is 1.92 bits per heavy atom. The van der Waals surface area contributed by atoms with Gasteiger partial charge in [0.1, 0.15) is 0 Å². The summed E-state index contributed by atoms with van der Waals surface area (Å²) >= 11 is 0. The molecule has 0 aromatic heterocycles. The van der Waals surface area contributed by atoms with Gasteiger partial charge in [0.15, 0.2) is 17.5 Å². The summed E-state index contributed by atoms with van der Waals surface area (Å²) in [5.41, 5.74) is 0.950. The number of aromatic hydroxyl groups is 1. The van der Waals surface area contributed by atoms with Gasteiger partial charge in [-0.05, 0) is 30.0 Å². The summed E-state index contributed by atoms with van der Waals surface area (Å²) in [5, 5.41) is 16.4. The fraction of sp³-hybridized carbons (Fsp3) is 0.611. The molecule has 0 saturated carbocycles. The van der Waals surface area contributed by atoms with Crippen molar-refractivity contribution >= 4 is 29.9 Å². The van der Waals surface area contributed by atoms with E-state index in [0.717, 1.165) is 18.1 Å². The van der Waals surface area contributed by atoms with Crippen LogP contribution in [0.25, 0.3) is 0 Å². The first kappa shape index (κ1) is 23.8. The highest BCUT2D eigenvalue weighted by Crippen LogP contribution is 2.26. The summed E-state index contributed by atoms with van der Waals surface area (Å²) in [6.45, 7) is 10.4. The molecule has 0 aliphatic rings. The van der Waals surface area contributed by atoms with Crippen molar-refractivity contribution in [1.82, 2.24) is 10.6 Å². The number of nitrogens with zero attached hydrogens (tertiary/aromatic N) is 1. The summed E-state index contributed by atoms with van der Waals surface area (Å²) in [7, 11) is 3.25. The molecule has 144 valence electrons. The van der Waals surface area contributed by atoms with E-state index in [1.54, 1.807) is 19.2 Å². The molecule has 1 unspecified atom stereocenters. The summed E-state index contributed by atoms with van der Waals surface area (Å²) in [6, 6.07) is 5.29. The molecule has 0 aliphatic heterocycles. The third-order valence-electron chi connectivity index (χ3n) is 3.71. The maximum atomic E-state index is 9.84. The summed E-state index contributed by atoms with van der Waals surface area (Å²) < 4.78 is 10.6. The van der Waals surface area contributed by atoms with Gasteiger partial charge in [-0.2, -0.15) is 0 Å². The third-order valence-corrected chi connectivity index (χ3v) is 3.71. The van der Waals surface area contributed by atoms with Crippen LogP contribution in [0.2, 0.25) is 0 Å². The lowest BCUT2D eigenvalue weighted by Gasteiger charge is -2.30. The maximum Gasteiger partial charge on any atom is 0.191 e. The number of phenols is 1. The fourth-order valence-corrected chi connectivity index (χ4v) is 2.28. The Kier molecular flexibility index (Phi) is 10.8. The van der Waals surface area contributed by atoms with Crippen LogP contribution >= 0.6 is 24.0 Å². The number of methoxy groups -OCH3 is 2. The third kappa shape index (κ3) is 8.13. The van der Waals surface area contributed by atoms with Gasteiger partial charge in [-0.15, -0.1) is 24.0 Å². The molecular formula is C18H32IN3O3. The minimum Gasteiger partial charge on any atom is -0.504 e. The molecule has 0 heterocycles. The first-order valence-corrected chi connectivity index (χ1v) is 8.22. The molecule has 0 amide bonds. The van der Waals surface area contributed by atoms with Gasteiger partial charge in [-0.1, -0.05) is 26.8 Å². The molecule has 25 heavy (non-hydrogen) atoms. The zero-order valence-electron chi connectivity index (χ0n) is 16.0. The van der Waals surface area contributed by atoms with Crippen LogP contribution in [0.1, 0.15) is 33.3 Å². The topological polar surface area (TPSA) is 75.1 Å². The van der Waals surface area contributed by atoms with Crippen molar-refractivity contribution in [1.29, 1.82) is 0 Å². The number of hydrogen-bond donors (Lipinski definition) is 3. The molecule has 0 fully saturated rings. The Morgan fingerprint density at radius 1 is 1.24 bits per heavy atom. The minimum absolute atomic E-state index is 0. The Hall–Kier alpha value is -1.22. The first-order valence-electron chi connectivity index (χ1n) is 8.22. The van der Waals surface area contributed by atoms with Gasteiger partial charge < -0.3 is 25.2 Å². The number of nitrogens with one attached hydrogen (secondary N) is 2. The van der Waals surface area contributed by atoms with E-state index in [1.165, 1.54) is 7.11 Å². The average Bonchev–Trinajstić information content (AvgIpc) is 2.51. The van der Waals surface area contributed by atoms with Gasteiger partial charge >= 0.3 is 0 Å². The van der Waals surface area contributed by atoms with Gasteiger partial charge in [0.25, 0.3) is 0 Å². The summed E-state index contributed by atoms with van der Waals surface area (Å²) in [4.78, 5) is 4.56. The van der Waals surface area contributed by atoms with E-state index in [4.69, 9.17) is 9.47 Å². The Morgan fingerprint density at radius 3 is 2.40 bits per heavy atom. The van der Waals surface area contributed by atoms with E-state index >= 15 is 0 Å². The Balaban J connectivity index is 0.00000576. The second kappa shape index (κ2) is 11.4. The molecule has 0 bridgehead atoms. The molecular weight excluding hydrogens is 433 g/mol. The van der Waals surface area contributed by atoms with E-state index in [9.17, 15) is 5.11 Å². The van der Waals surface area contributed by atoms with Crippen molar-refractivity contribution in [3.8, 4) is 11.5 Å². The van der Waals surface area contributed by atoms with Crippen LogP contribution in [0.3, 0.4) is 0 Å². The van der Waals surface area contributed by atoms with Crippen LogP contribution in [0.4, 0.5) is 0 Å². The van der Waals surface area contributed by atoms with E-state index in [2.05, 4.69) is 36.4 Å². The molecule has 1 aromatic carbocycles. The molecule has 6 nitrogen and oxygen atoms in total. The van der Waals surface area contributed by atoms with E-state index in [-0.39, 0.29) is 41.2 Å². The van der Waals surface area contributed by atoms with E-state index in [0.29, 0.717) is 18.8 Å². The lowest BCUT2D eigenvalue weighted by molar-refractivity contribution is 0.0205. The van der Waals surface area contributed by atoms with E-state index in [1.807, 2.05) is 13.0 Å². The Bertz CT molecular complexity index is 545. The molecule has 0 radical (unpaired) electrons. The van der Waals surface area contributed by atoms with Crippen LogP contribution in [-0.2, 0) is 11.3 Å². The predicted molar refractivity (Wildman–Crippen MR) is 113 cm³/mol. The molecule has 0 saturated heterocycles. The smallest absolute Gasteiger partial charge is 0.191 e. The molecule has 0 aliphatic carbocycles. The number of phenolic OH excluding ortho intramolecular Hbond substituents is 1. The van der Waals surface area contributed by atoms with Crippen molar-refractivity contribution in [3.05, 3.63) is 23.8 Å². The van der Waals surface area contributed by atoms with Crippen LogP contribution in [0.15, 0.2) is 23.2 Å². The van der Waals surface area contributed by atoms with Gasteiger partial charge in [-0.25, -0.2) is 4.99 Å². The quantitative estimate of drug-likeness (QED) is 0.328. The van der Waals surface area contributed by atoms with Crippen LogP contribution in [0.5, 0.6) is 11.5 Å². The zero-order chi connectivity index (χ0) is 18.2. The molecule has 1 rings (SSSR count). The lowest BCUT2D eigenvalue weighted by Crippen LogP contribution is -2.45. The molecule has 1 atom stereocenters. The normalized spacial score (nSPS) is 13.0. The molecule has 0 spiro atoms. The lowest BCUT2D eigenvalue weighted by atomic mass is 9.89. The number of ether oxygens (including phenoxy) is 2. The first-order chi connectivity index (χ1) is 11.3. The van der Waals surface area contributed by atoms with Gasteiger partial charge in [0.05, 0.1) is 19.8 Å². The number of hydrogen-bond acceptors (Lipinski definition) is 4. The Labute approximate surface area is 168 Å². The average molecular weight is 465 g/mol. The molecule has 7 heteroatoms. The van der Waals surface area contributed by atoms with Gasteiger partial charge in [0, 0.05) is 20.2 Å². The second-order valence-corrected chi connectivity index (χ2v) is 6.67. The summed E-state index contributed by atoms with van der Waals surface area (Å²) in [5.74, 6) is 1.30. The van der Waals surface area contributed by atoms with Crippen molar-refractivity contribution in [2.75, 3.05) is 27.3 Å². The minimum atomic E-state index is 0. The molecule has 1 aromatic rings. The monoisotopic (exact) mass is 465 g/mol. The van der Waals surface area contributed by atoms with Crippen molar-refractivity contribution < 1.29 is 14.6 Å². The number of halogens is 1. The highest BCUT2D eigenvalue weighted by Gasteiger charge is 2.24. The number of guanidine groups is 1. The van der Waals surface area contributed by atoms with Crippen molar-refractivity contribution in [2.45, 2.75) is 40.3 Å². The highest BCUT2D eigenvalue weighted by atomic mass is 127. The number of aliphatic imine (C=N–C) groups is 1. The van der Waals surface area contributed by atoms with Crippen LogP contribution in [0, 0.1) is 5.41 Å². The maximum absolute atomic E-state index is 9.84. The largest absolute Gasteiger partial charge is 0.504 e.